The van der Waals surface area contributed by atoms with E-state index in [1.165, 1.54) is 15.3 Å². The van der Waals surface area contributed by atoms with Gasteiger partial charge in [0.15, 0.2) is 5.96 Å². The molecule has 2 heterocycles. The normalized spacial score (nSPS) is 11.2. The molecule has 1 aromatic carbocycles. The third-order valence-electron chi connectivity index (χ3n) is 4.13. The molecule has 0 saturated heterocycles. The van der Waals surface area contributed by atoms with Crippen molar-refractivity contribution in [2.45, 2.75) is 33.9 Å². The maximum absolute atomic E-state index is 4.61. The second-order valence-corrected chi connectivity index (χ2v) is 7.63. The van der Waals surface area contributed by atoms with Crippen molar-refractivity contribution in [3.8, 4) is 5.69 Å². The summed E-state index contributed by atoms with van der Waals surface area (Å²) in [4.78, 5) is 6.95. The first-order valence-electron chi connectivity index (χ1n) is 8.68. The molecule has 2 aromatic heterocycles. The molecular formula is C20H26IN5S. The van der Waals surface area contributed by atoms with Gasteiger partial charge in [0, 0.05) is 29.0 Å². The Kier molecular flexibility index (Phi) is 7.85. The molecule has 0 atom stereocenters. The maximum Gasteiger partial charge on any atom is 0.191 e. The SMILES string of the molecule is CN=C(NCc1ccc(C)s1)NCc1ccccc1-n1nc(C)cc1C.I. The number of guanidine groups is 1. The molecule has 0 unspecified atom stereocenters. The van der Waals surface area contributed by atoms with Crippen molar-refractivity contribution in [2.24, 2.45) is 4.99 Å². The van der Waals surface area contributed by atoms with Crippen molar-refractivity contribution in [1.82, 2.24) is 20.4 Å². The van der Waals surface area contributed by atoms with Crippen LogP contribution in [0.2, 0.25) is 0 Å². The highest BCUT2D eigenvalue weighted by Gasteiger charge is 2.09. The summed E-state index contributed by atoms with van der Waals surface area (Å²) in [5.74, 6) is 0.791. The molecule has 144 valence electrons. The summed E-state index contributed by atoms with van der Waals surface area (Å²) in [6.45, 7) is 7.67. The van der Waals surface area contributed by atoms with Crippen molar-refractivity contribution in [1.29, 1.82) is 0 Å². The number of hydrogen-bond donors (Lipinski definition) is 2. The third-order valence-corrected chi connectivity index (χ3v) is 5.13. The fourth-order valence-corrected chi connectivity index (χ4v) is 3.72. The van der Waals surface area contributed by atoms with E-state index in [0.29, 0.717) is 6.54 Å². The first-order chi connectivity index (χ1) is 12.6. The largest absolute Gasteiger partial charge is 0.352 e. The van der Waals surface area contributed by atoms with E-state index in [1.807, 2.05) is 17.7 Å². The molecule has 0 amide bonds. The molecule has 5 nitrogen and oxygen atoms in total. The summed E-state index contributed by atoms with van der Waals surface area (Å²) in [7, 11) is 1.79. The molecule has 27 heavy (non-hydrogen) atoms. The number of para-hydroxylation sites is 1. The quantitative estimate of drug-likeness (QED) is 0.315. The molecule has 7 heteroatoms. The van der Waals surface area contributed by atoms with Crippen LogP contribution >= 0.6 is 35.3 Å². The van der Waals surface area contributed by atoms with Crippen LogP contribution in [0.15, 0.2) is 47.5 Å². The third kappa shape index (κ3) is 5.55. The Bertz CT molecular complexity index is 913. The highest BCUT2D eigenvalue weighted by atomic mass is 127. The van der Waals surface area contributed by atoms with Crippen LogP contribution in [-0.2, 0) is 13.1 Å². The smallest absolute Gasteiger partial charge is 0.191 e. The Morgan fingerprint density at radius 3 is 2.44 bits per heavy atom. The molecular weight excluding hydrogens is 469 g/mol. The molecule has 0 fully saturated rings. The van der Waals surface area contributed by atoms with Gasteiger partial charge in [0.2, 0.25) is 0 Å². The Balaban J connectivity index is 0.00000261. The molecule has 3 rings (SSSR count). The van der Waals surface area contributed by atoms with Gasteiger partial charge in [-0.3, -0.25) is 4.99 Å². The van der Waals surface area contributed by atoms with Crippen LogP contribution < -0.4 is 10.6 Å². The summed E-state index contributed by atoms with van der Waals surface area (Å²) >= 11 is 1.80. The van der Waals surface area contributed by atoms with Crippen LogP contribution in [0.4, 0.5) is 0 Å². The lowest BCUT2D eigenvalue weighted by Crippen LogP contribution is -2.36. The van der Waals surface area contributed by atoms with Gasteiger partial charge in [-0.05, 0) is 50.6 Å². The number of aliphatic imine (C=N–C) groups is 1. The van der Waals surface area contributed by atoms with E-state index in [0.717, 1.165) is 29.6 Å². The van der Waals surface area contributed by atoms with Gasteiger partial charge < -0.3 is 10.6 Å². The Morgan fingerprint density at radius 2 is 1.81 bits per heavy atom. The van der Waals surface area contributed by atoms with E-state index in [-0.39, 0.29) is 24.0 Å². The molecule has 0 bridgehead atoms. The fourth-order valence-electron chi connectivity index (χ4n) is 2.89. The minimum absolute atomic E-state index is 0. The molecule has 0 aliphatic heterocycles. The second kappa shape index (κ2) is 9.89. The Hall–Kier alpha value is -1.87. The van der Waals surface area contributed by atoms with Gasteiger partial charge in [-0.25, -0.2) is 4.68 Å². The Morgan fingerprint density at radius 1 is 1.07 bits per heavy atom. The zero-order valence-electron chi connectivity index (χ0n) is 16.1. The van der Waals surface area contributed by atoms with E-state index in [1.54, 1.807) is 18.4 Å². The van der Waals surface area contributed by atoms with Crippen molar-refractivity contribution in [3.63, 3.8) is 0 Å². The summed E-state index contributed by atoms with van der Waals surface area (Å²) < 4.78 is 2.00. The number of thiophene rings is 1. The lowest BCUT2D eigenvalue weighted by Gasteiger charge is -2.14. The number of aromatic nitrogens is 2. The number of hydrogen-bond acceptors (Lipinski definition) is 3. The first-order valence-corrected chi connectivity index (χ1v) is 9.50. The summed E-state index contributed by atoms with van der Waals surface area (Å²) in [5, 5.41) is 11.4. The van der Waals surface area contributed by atoms with Crippen LogP contribution in [0.1, 0.15) is 26.7 Å². The zero-order valence-corrected chi connectivity index (χ0v) is 19.3. The van der Waals surface area contributed by atoms with Gasteiger partial charge in [0.25, 0.3) is 0 Å². The average molecular weight is 495 g/mol. The van der Waals surface area contributed by atoms with Crippen LogP contribution in [0.3, 0.4) is 0 Å². The van der Waals surface area contributed by atoms with Crippen LogP contribution in [-0.4, -0.2) is 22.8 Å². The molecule has 0 radical (unpaired) electrons. The molecule has 0 aliphatic carbocycles. The molecule has 0 aliphatic rings. The zero-order chi connectivity index (χ0) is 18.5. The van der Waals surface area contributed by atoms with Gasteiger partial charge in [0.1, 0.15) is 0 Å². The van der Waals surface area contributed by atoms with Gasteiger partial charge in [0.05, 0.1) is 17.9 Å². The number of nitrogens with one attached hydrogen (secondary N) is 2. The van der Waals surface area contributed by atoms with Crippen molar-refractivity contribution < 1.29 is 0 Å². The van der Waals surface area contributed by atoms with Gasteiger partial charge >= 0.3 is 0 Å². The summed E-state index contributed by atoms with van der Waals surface area (Å²) in [5.41, 5.74) is 4.42. The van der Waals surface area contributed by atoms with E-state index < -0.39 is 0 Å². The number of halogens is 1. The van der Waals surface area contributed by atoms with Crippen LogP contribution in [0.25, 0.3) is 5.69 Å². The predicted molar refractivity (Wildman–Crippen MR) is 125 cm³/mol. The number of benzene rings is 1. The van der Waals surface area contributed by atoms with Gasteiger partial charge in [-0.1, -0.05) is 18.2 Å². The first kappa shape index (κ1) is 21.4. The standard InChI is InChI=1S/C20H25N5S.HI/c1-14-11-15(2)25(24-14)19-8-6-5-7-17(19)12-22-20(21-4)23-13-18-10-9-16(3)26-18;/h5-11H,12-13H2,1-4H3,(H2,21,22,23);1H. The fraction of sp³-hybridized carbons (Fsp3) is 0.300. The maximum atomic E-state index is 4.61. The summed E-state index contributed by atoms with van der Waals surface area (Å²) in [6.07, 6.45) is 0. The van der Waals surface area contributed by atoms with Crippen molar-refractivity contribution >= 4 is 41.3 Å². The van der Waals surface area contributed by atoms with E-state index in [9.17, 15) is 0 Å². The average Bonchev–Trinajstić information content (AvgIpc) is 3.20. The highest BCUT2D eigenvalue weighted by molar-refractivity contribution is 14.0. The number of aryl methyl sites for hydroxylation is 3. The lowest BCUT2D eigenvalue weighted by molar-refractivity contribution is 0.783. The van der Waals surface area contributed by atoms with E-state index >= 15 is 0 Å². The second-order valence-electron chi connectivity index (χ2n) is 6.26. The molecule has 2 N–H and O–H groups in total. The van der Waals surface area contributed by atoms with Crippen molar-refractivity contribution in [3.05, 3.63) is 69.2 Å². The minimum atomic E-state index is 0. The number of rotatable bonds is 5. The van der Waals surface area contributed by atoms with Crippen LogP contribution in [0, 0.1) is 20.8 Å². The van der Waals surface area contributed by atoms with E-state index in [4.69, 9.17) is 0 Å². The highest BCUT2D eigenvalue weighted by Crippen LogP contribution is 2.17. The topological polar surface area (TPSA) is 54.2 Å². The van der Waals surface area contributed by atoms with Gasteiger partial charge in [-0.2, -0.15) is 5.10 Å². The van der Waals surface area contributed by atoms with Crippen molar-refractivity contribution in [2.75, 3.05) is 7.05 Å². The predicted octanol–water partition coefficient (Wildman–Crippen LogP) is 4.34. The Labute approximate surface area is 181 Å². The van der Waals surface area contributed by atoms with Gasteiger partial charge in [-0.15, -0.1) is 35.3 Å². The van der Waals surface area contributed by atoms with Crippen LogP contribution in [0.5, 0.6) is 0 Å². The molecule has 3 aromatic rings. The molecule has 0 saturated carbocycles. The minimum Gasteiger partial charge on any atom is -0.352 e. The lowest BCUT2D eigenvalue weighted by atomic mass is 10.1. The molecule has 0 spiro atoms. The van der Waals surface area contributed by atoms with E-state index in [2.05, 4.69) is 71.0 Å². The monoisotopic (exact) mass is 495 g/mol. The summed E-state index contributed by atoms with van der Waals surface area (Å²) in [6, 6.07) is 14.7. The number of nitrogens with zero attached hydrogens (tertiary/aromatic N) is 3.